The molecule has 6 nitrogen and oxygen atoms in total. The van der Waals surface area contributed by atoms with Crippen molar-refractivity contribution in [1.82, 2.24) is 4.90 Å². The normalized spacial score (nSPS) is 11.2. The molecule has 0 bridgehead atoms. The number of ether oxygens (including phenoxy) is 1. The lowest BCUT2D eigenvalue weighted by Gasteiger charge is -2.28. The van der Waals surface area contributed by atoms with Crippen LogP contribution in [-0.4, -0.2) is 52.2 Å². The standard InChI is InChI=1S/C16H25ClN2O4S/c1-5-9-18(10-6-2)16(20)12-19(24(4,21)22)14-11-13(17)7-8-15(14)23-3/h7-8,11H,5-6,9-10,12H2,1-4H3. The van der Waals surface area contributed by atoms with Crippen LogP contribution in [0.1, 0.15) is 26.7 Å². The Labute approximate surface area is 149 Å². The third-order valence-electron chi connectivity index (χ3n) is 3.43. The maximum atomic E-state index is 12.6. The summed E-state index contributed by atoms with van der Waals surface area (Å²) >= 11 is 5.99. The molecule has 0 atom stereocenters. The van der Waals surface area contributed by atoms with Gasteiger partial charge >= 0.3 is 0 Å². The second-order valence-corrected chi connectivity index (χ2v) is 7.81. The summed E-state index contributed by atoms with van der Waals surface area (Å²) in [7, 11) is -2.24. The average molecular weight is 377 g/mol. The maximum absolute atomic E-state index is 12.6. The van der Waals surface area contributed by atoms with Crippen molar-refractivity contribution in [1.29, 1.82) is 0 Å². The highest BCUT2D eigenvalue weighted by Gasteiger charge is 2.26. The minimum Gasteiger partial charge on any atom is -0.495 e. The summed E-state index contributed by atoms with van der Waals surface area (Å²) in [5, 5.41) is 0.367. The Hall–Kier alpha value is -1.47. The minimum absolute atomic E-state index is 0.244. The molecule has 0 fully saturated rings. The molecule has 0 N–H and O–H groups in total. The topological polar surface area (TPSA) is 66.9 Å². The Morgan fingerprint density at radius 1 is 1.21 bits per heavy atom. The molecule has 1 aromatic rings. The van der Waals surface area contributed by atoms with Crippen molar-refractivity contribution in [3.05, 3.63) is 23.2 Å². The van der Waals surface area contributed by atoms with E-state index in [2.05, 4.69) is 0 Å². The molecular weight excluding hydrogens is 352 g/mol. The van der Waals surface area contributed by atoms with Crippen LogP contribution in [0, 0.1) is 0 Å². The van der Waals surface area contributed by atoms with Gasteiger partial charge in [0, 0.05) is 18.1 Å². The molecule has 0 saturated heterocycles. The number of nitrogens with zero attached hydrogens (tertiary/aromatic N) is 2. The number of amides is 1. The number of anilines is 1. The number of benzene rings is 1. The summed E-state index contributed by atoms with van der Waals surface area (Å²) in [6.07, 6.45) is 2.68. The zero-order valence-corrected chi connectivity index (χ0v) is 16.2. The van der Waals surface area contributed by atoms with Crippen LogP contribution in [0.15, 0.2) is 18.2 Å². The highest BCUT2D eigenvalue weighted by molar-refractivity contribution is 7.92. The molecule has 1 aromatic carbocycles. The van der Waals surface area contributed by atoms with Gasteiger partial charge in [0.25, 0.3) is 0 Å². The van der Waals surface area contributed by atoms with E-state index in [1.807, 2.05) is 13.8 Å². The van der Waals surface area contributed by atoms with E-state index < -0.39 is 10.0 Å². The molecule has 0 spiro atoms. The van der Waals surface area contributed by atoms with Gasteiger partial charge in [0.15, 0.2) is 0 Å². The van der Waals surface area contributed by atoms with Gasteiger partial charge in [-0.15, -0.1) is 0 Å². The first-order chi connectivity index (χ1) is 11.2. The molecule has 0 saturated carbocycles. The number of methoxy groups -OCH3 is 1. The van der Waals surface area contributed by atoms with Crippen molar-refractivity contribution >= 4 is 33.2 Å². The van der Waals surface area contributed by atoms with E-state index in [9.17, 15) is 13.2 Å². The fourth-order valence-corrected chi connectivity index (χ4v) is 3.37. The molecule has 0 aromatic heterocycles. The van der Waals surface area contributed by atoms with Crippen molar-refractivity contribution in [2.45, 2.75) is 26.7 Å². The molecule has 0 aliphatic carbocycles. The first kappa shape index (κ1) is 20.6. The number of carbonyl (C=O) groups excluding carboxylic acids is 1. The van der Waals surface area contributed by atoms with E-state index in [1.54, 1.807) is 17.0 Å². The van der Waals surface area contributed by atoms with Crippen molar-refractivity contribution in [3.63, 3.8) is 0 Å². The summed E-state index contributed by atoms with van der Waals surface area (Å²) in [5.74, 6) is 0.0984. The van der Waals surface area contributed by atoms with Crippen molar-refractivity contribution < 1.29 is 17.9 Å². The lowest BCUT2D eigenvalue weighted by Crippen LogP contribution is -2.43. The Kier molecular flexibility index (Phi) is 7.83. The Morgan fingerprint density at radius 3 is 2.25 bits per heavy atom. The molecule has 0 aliphatic heterocycles. The summed E-state index contributed by atoms with van der Waals surface area (Å²) < 4.78 is 30.7. The number of carbonyl (C=O) groups is 1. The van der Waals surface area contributed by atoms with Gasteiger partial charge in [-0.3, -0.25) is 9.10 Å². The fraction of sp³-hybridized carbons (Fsp3) is 0.562. The molecule has 1 rings (SSSR count). The monoisotopic (exact) mass is 376 g/mol. The van der Waals surface area contributed by atoms with Crippen molar-refractivity contribution in [2.24, 2.45) is 0 Å². The van der Waals surface area contributed by atoms with Crippen LogP contribution in [0.2, 0.25) is 5.02 Å². The predicted molar refractivity (Wildman–Crippen MR) is 97.4 cm³/mol. The van der Waals surface area contributed by atoms with Crippen LogP contribution >= 0.6 is 11.6 Å². The molecule has 8 heteroatoms. The van der Waals surface area contributed by atoms with Gasteiger partial charge in [-0.2, -0.15) is 0 Å². The molecule has 0 aliphatic rings. The van der Waals surface area contributed by atoms with Gasteiger partial charge in [-0.05, 0) is 31.0 Å². The second-order valence-electron chi connectivity index (χ2n) is 5.47. The average Bonchev–Trinajstić information content (AvgIpc) is 2.51. The second kappa shape index (κ2) is 9.13. The van der Waals surface area contributed by atoms with Gasteiger partial charge in [-0.1, -0.05) is 25.4 Å². The molecule has 0 radical (unpaired) electrons. The molecular formula is C16H25ClN2O4S. The highest BCUT2D eigenvalue weighted by atomic mass is 35.5. The van der Waals surface area contributed by atoms with Crippen molar-refractivity contribution in [3.8, 4) is 5.75 Å². The predicted octanol–water partition coefficient (Wildman–Crippen LogP) is 2.76. The van der Waals surface area contributed by atoms with E-state index >= 15 is 0 Å². The van der Waals surface area contributed by atoms with Gasteiger partial charge in [0.2, 0.25) is 15.9 Å². The zero-order valence-electron chi connectivity index (χ0n) is 14.6. The van der Waals surface area contributed by atoms with Crippen LogP contribution in [0.25, 0.3) is 0 Å². The van der Waals surface area contributed by atoms with Crippen molar-refractivity contribution in [2.75, 3.05) is 37.3 Å². The van der Waals surface area contributed by atoms with E-state index in [0.29, 0.717) is 23.9 Å². The van der Waals surface area contributed by atoms with E-state index in [1.165, 1.54) is 13.2 Å². The van der Waals surface area contributed by atoms with Crippen LogP contribution in [-0.2, 0) is 14.8 Å². The fourth-order valence-electron chi connectivity index (χ4n) is 2.36. The summed E-state index contributed by atoms with van der Waals surface area (Å²) in [5.41, 5.74) is 0.258. The molecule has 1 amide bonds. The molecule has 0 unspecified atom stereocenters. The highest BCUT2D eigenvalue weighted by Crippen LogP contribution is 2.32. The van der Waals surface area contributed by atoms with Crippen LogP contribution in [0.4, 0.5) is 5.69 Å². The Bertz CT molecular complexity index is 658. The maximum Gasteiger partial charge on any atom is 0.243 e. The van der Waals surface area contributed by atoms with Crippen LogP contribution in [0.3, 0.4) is 0 Å². The zero-order chi connectivity index (χ0) is 18.3. The number of sulfonamides is 1. The minimum atomic E-state index is -3.68. The SMILES string of the molecule is CCCN(CCC)C(=O)CN(c1cc(Cl)ccc1OC)S(C)(=O)=O. The largest absolute Gasteiger partial charge is 0.495 e. The quantitative estimate of drug-likeness (QED) is 0.664. The van der Waals surface area contributed by atoms with Gasteiger partial charge in [-0.25, -0.2) is 8.42 Å². The van der Waals surface area contributed by atoms with Crippen LogP contribution in [0.5, 0.6) is 5.75 Å². The van der Waals surface area contributed by atoms with E-state index in [0.717, 1.165) is 23.4 Å². The molecule has 24 heavy (non-hydrogen) atoms. The Morgan fingerprint density at radius 2 is 1.79 bits per heavy atom. The van der Waals surface area contributed by atoms with E-state index in [-0.39, 0.29) is 18.1 Å². The number of rotatable bonds is 9. The third-order valence-corrected chi connectivity index (χ3v) is 4.79. The summed E-state index contributed by atoms with van der Waals surface area (Å²) in [4.78, 5) is 14.3. The molecule has 0 heterocycles. The lowest BCUT2D eigenvalue weighted by molar-refractivity contribution is -0.129. The van der Waals surface area contributed by atoms with E-state index in [4.69, 9.17) is 16.3 Å². The van der Waals surface area contributed by atoms with Gasteiger partial charge < -0.3 is 9.64 Å². The molecule has 136 valence electrons. The first-order valence-corrected chi connectivity index (χ1v) is 10.1. The lowest BCUT2D eigenvalue weighted by atomic mass is 10.3. The number of hydrogen-bond donors (Lipinski definition) is 0. The first-order valence-electron chi connectivity index (χ1n) is 7.83. The van der Waals surface area contributed by atoms with Crippen LogP contribution < -0.4 is 9.04 Å². The van der Waals surface area contributed by atoms with Gasteiger partial charge in [0.1, 0.15) is 12.3 Å². The third kappa shape index (κ3) is 5.56. The Balaban J connectivity index is 3.21. The van der Waals surface area contributed by atoms with Gasteiger partial charge in [0.05, 0.1) is 19.1 Å². The summed E-state index contributed by atoms with van der Waals surface area (Å²) in [6.45, 7) is 4.86. The smallest absolute Gasteiger partial charge is 0.243 e. The number of halogens is 1. The summed E-state index contributed by atoms with van der Waals surface area (Å²) in [6, 6.07) is 4.67. The number of hydrogen-bond acceptors (Lipinski definition) is 4.